The lowest BCUT2D eigenvalue weighted by atomic mass is 10.0. The number of benzene rings is 1. The van der Waals surface area contributed by atoms with Crippen molar-refractivity contribution in [2.75, 3.05) is 7.05 Å². The standard InChI is InChI=1S/C12H13ClN2O2/c1-14-12(17)15-7-9-2-4-10(13)6-8(9)3-5-11(15)16/h2,4,6H,3,5,7H2,1H3,(H,14,17). The van der Waals surface area contributed by atoms with Gasteiger partial charge in [0.15, 0.2) is 0 Å². The van der Waals surface area contributed by atoms with E-state index in [9.17, 15) is 9.59 Å². The third kappa shape index (κ3) is 2.42. The Kier molecular flexibility index (Phi) is 3.33. The van der Waals surface area contributed by atoms with Gasteiger partial charge in [0, 0.05) is 18.5 Å². The molecule has 1 aromatic rings. The van der Waals surface area contributed by atoms with Gasteiger partial charge in [-0.2, -0.15) is 0 Å². The van der Waals surface area contributed by atoms with Crippen molar-refractivity contribution in [2.24, 2.45) is 0 Å². The molecule has 0 fully saturated rings. The summed E-state index contributed by atoms with van der Waals surface area (Å²) < 4.78 is 0. The van der Waals surface area contributed by atoms with Gasteiger partial charge in [0.1, 0.15) is 0 Å². The maximum absolute atomic E-state index is 11.8. The van der Waals surface area contributed by atoms with Crippen LogP contribution in [0.25, 0.3) is 0 Å². The van der Waals surface area contributed by atoms with Gasteiger partial charge in [0.2, 0.25) is 5.91 Å². The minimum atomic E-state index is -0.363. The van der Waals surface area contributed by atoms with E-state index in [1.54, 1.807) is 6.07 Å². The molecule has 1 aliphatic rings. The van der Waals surface area contributed by atoms with Gasteiger partial charge in [-0.3, -0.25) is 9.69 Å². The van der Waals surface area contributed by atoms with Crippen LogP contribution in [0.2, 0.25) is 5.02 Å². The van der Waals surface area contributed by atoms with Gasteiger partial charge >= 0.3 is 6.03 Å². The summed E-state index contributed by atoms with van der Waals surface area (Å²) in [5.41, 5.74) is 2.01. The third-order valence-corrected chi connectivity index (χ3v) is 3.10. The Morgan fingerprint density at radius 1 is 1.35 bits per heavy atom. The molecule has 17 heavy (non-hydrogen) atoms. The zero-order valence-corrected chi connectivity index (χ0v) is 10.3. The van der Waals surface area contributed by atoms with Gasteiger partial charge < -0.3 is 5.32 Å². The molecule has 3 amide bonds. The Morgan fingerprint density at radius 3 is 2.82 bits per heavy atom. The molecule has 0 spiro atoms. The summed E-state index contributed by atoms with van der Waals surface area (Å²) in [6, 6.07) is 5.14. The highest BCUT2D eigenvalue weighted by Gasteiger charge is 2.24. The molecule has 1 aliphatic heterocycles. The SMILES string of the molecule is CNC(=O)N1Cc2ccc(Cl)cc2CCC1=O. The normalized spacial score (nSPS) is 15.2. The summed E-state index contributed by atoms with van der Waals surface area (Å²) in [5, 5.41) is 3.13. The Balaban J connectivity index is 2.33. The summed E-state index contributed by atoms with van der Waals surface area (Å²) in [6.07, 6.45) is 0.961. The number of urea groups is 1. The van der Waals surface area contributed by atoms with Crippen LogP contribution < -0.4 is 5.32 Å². The van der Waals surface area contributed by atoms with Gasteiger partial charge in [0.05, 0.1) is 6.54 Å². The van der Waals surface area contributed by atoms with Crippen LogP contribution in [0, 0.1) is 0 Å². The molecule has 5 heteroatoms. The Morgan fingerprint density at radius 2 is 2.12 bits per heavy atom. The Labute approximate surface area is 105 Å². The van der Waals surface area contributed by atoms with Gasteiger partial charge in [-0.1, -0.05) is 17.7 Å². The van der Waals surface area contributed by atoms with Crippen molar-refractivity contribution in [3.63, 3.8) is 0 Å². The number of imide groups is 1. The van der Waals surface area contributed by atoms with E-state index in [1.165, 1.54) is 11.9 Å². The molecule has 0 saturated carbocycles. The van der Waals surface area contributed by atoms with Crippen LogP contribution in [0.5, 0.6) is 0 Å². The maximum Gasteiger partial charge on any atom is 0.324 e. The summed E-state index contributed by atoms with van der Waals surface area (Å²) in [5.74, 6) is -0.156. The van der Waals surface area contributed by atoms with E-state index in [1.807, 2.05) is 12.1 Å². The first-order chi connectivity index (χ1) is 8.11. The van der Waals surface area contributed by atoms with E-state index in [0.717, 1.165) is 11.1 Å². The largest absolute Gasteiger partial charge is 0.341 e. The predicted octanol–water partition coefficient (Wildman–Crippen LogP) is 1.95. The number of rotatable bonds is 0. The molecule has 0 radical (unpaired) electrons. The van der Waals surface area contributed by atoms with Crippen LogP contribution in [0.15, 0.2) is 18.2 Å². The van der Waals surface area contributed by atoms with Crippen LogP contribution in [-0.4, -0.2) is 23.9 Å². The number of hydrogen-bond donors (Lipinski definition) is 1. The first kappa shape index (κ1) is 11.9. The minimum absolute atomic E-state index is 0.156. The molecule has 1 aromatic carbocycles. The maximum atomic E-state index is 11.8. The highest BCUT2D eigenvalue weighted by molar-refractivity contribution is 6.30. The first-order valence-corrected chi connectivity index (χ1v) is 5.79. The summed E-state index contributed by atoms with van der Waals surface area (Å²) in [6.45, 7) is 0.311. The van der Waals surface area contributed by atoms with Crippen LogP contribution in [0.3, 0.4) is 0 Å². The number of halogens is 1. The topological polar surface area (TPSA) is 49.4 Å². The van der Waals surface area contributed by atoms with Crippen molar-refractivity contribution in [1.82, 2.24) is 10.2 Å². The van der Waals surface area contributed by atoms with Gasteiger partial charge in [-0.25, -0.2) is 4.79 Å². The van der Waals surface area contributed by atoms with Crippen LogP contribution in [-0.2, 0) is 17.8 Å². The number of hydrogen-bond acceptors (Lipinski definition) is 2. The highest BCUT2D eigenvalue weighted by atomic mass is 35.5. The second-order valence-electron chi connectivity index (χ2n) is 3.95. The molecule has 2 rings (SSSR count). The number of carbonyl (C=O) groups is 2. The third-order valence-electron chi connectivity index (χ3n) is 2.87. The van der Waals surface area contributed by atoms with E-state index in [0.29, 0.717) is 24.4 Å². The Hall–Kier alpha value is -1.55. The first-order valence-electron chi connectivity index (χ1n) is 5.41. The molecular weight excluding hydrogens is 240 g/mol. The smallest absolute Gasteiger partial charge is 0.324 e. The van der Waals surface area contributed by atoms with Crippen molar-refractivity contribution >= 4 is 23.5 Å². The molecule has 0 aromatic heterocycles. The summed E-state index contributed by atoms with van der Waals surface area (Å²) in [7, 11) is 1.52. The van der Waals surface area contributed by atoms with E-state index >= 15 is 0 Å². The van der Waals surface area contributed by atoms with Crippen molar-refractivity contribution in [3.05, 3.63) is 34.3 Å². The number of nitrogens with one attached hydrogen (secondary N) is 1. The van der Waals surface area contributed by atoms with Gasteiger partial charge in [0.25, 0.3) is 0 Å². The van der Waals surface area contributed by atoms with Crippen molar-refractivity contribution in [3.8, 4) is 0 Å². The molecule has 1 heterocycles. The molecule has 0 unspecified atom stereocenters. The lowest BCUT2D eigenvalue weighted by Gasteiger charge is -2.18. The molecule has 0 bridgehead atoms. The van der Waals surface area contributed by atoms with E-state index in [-0.39, 0.29) is 11.9 Å². The van der Waals surface area contributed by atoms with E-state index in [4.69, 9.17) is 11.6 Å². The van der Waals surface area contributed by atoms with Gasteiger partial charge in [-0.05, 0) is 29.7 Å². The number of aryl methyl sites for hydroxylation is 1. The van der Waals surface area contributed by atoms with E-state index < -0.39 is 0 Å². The average Bonchev–Trinajstić information content (AvgIpc) is 2.48. The number of carbonyl (C=O) groups excluding carboxylic acids is 2. The molecule has 1 N–H and O–H groups in total. The van der Waals surface area contributed by atoms with Crippen molar-refractivity contribution in [2.45, 2.75) is 19.4 Å². The number of fused-ring (bicyclic) bond motifs is 1. The number of nitrogens with zero attached hydrogens (tertiary/aromatic N) is 1. The van der Waals surface area contributed by atoms with Gasteiger partial charge in [-0.15, -0.1) is 0 Å². The highest BCUT2D eigenvalue weighted by Crippen LogP contribution is 2.22. The second-order valence-corrected chi connectivity index (χ2v) is 4.38. The molecule has 4 nitrogen and oxygen atoms in total. The van der Waals surface area contributed by atoms with E-state index in [2.05, 4.69) is 5.32 Å². The fourth-order valence-electron chi connectivity index (χ4n) is 1.94. The van der Waals surface area contributed by atoms with Crippen molar-refractivity contribution < 1.29 is 9.59 Å². The second kappa shape index (κ2) is 4.75. The van der Waals surface area contributed by atoms with Crippen molar-refractivity contribution in [1.29, 1.82) is 0 Å². The fourth-order valence-corrected chi connectivity index (χ4v) is 2.13. The van der Waals surface area contributed by atoms with Crippen LogP contribution in [0.4, 0.5) is 4.79 Å². The number of amides is 3. The van der Waals surface area contributed by atoms with Crippen LogP contribution >= 0.6 is 11.6 Å². The predicted molar refractivity (Wildman–Crippen MR) is 64.8 cm³/mol. The fraction of sp³-hybridized carbons (Fsp3) is 0.333. The monoisotopic (exact) mass is 252 g/mol. The Bertz CT molecular complexity index is 474. The van der Waals surface area contributed by atoms with Crippen LogP contribution in [0.1, 0.15) is 17.5 Å². The lowest BCUT2D eigenvalue weighted by molar-refractivity contribution is -0.128. The quantitative estimate of drug-likeness (QED) is 0.767. The zero-order chi connectivity index (χ0) is 12.4. The molecule has 0 aliphatic carbocycles. The molecule has 0 saturated heterocycles. The summed E-state index contributed by atoms with van der Waals surface area (Å²) in [4.78, 5) is 24.6. The summed E-state index contributed by atoms with van der Waals surface area (Å²) >= 11 is 5.91. The average molecular weight is 253 g/mol. The zero-order valence-electron chi connectivity index (χ0n) is 9.50. The minimum Gasteiger partial charge on any atom is -0.341 e. The molecule has 0 atom stereocenters. The lowest BCUT2D eigenvalue weighted by Crippen LogP contribution is -2.41. The molecular formula is C12H13ClN2O2. The molecule has 90 valence electrons.